The molecule has 0 aromatic rings. The third kappa shape index (κ3) is 2.43. The van der Waals surface area contributed by atoms with Gasteiger partial charge in [0.05, 0.1) is 6.61 Å². The molecule has 0 aromatic heterocycles. The van der Waals surface area contributed by atoms with Crippen LogP contribution < -0.4 is 5.73 Å². The number of amides is 1. The predicted molar refractivity (Wildman–Crippen MR) is 33.8 cm³/mol. The molecule has 0 aliphatic heterocycles. The first-order valence-corrected chi connectivity index (χ1v) is 2.66. The highest BCUT2D eigenvalue weighted by Gasteiger charge is 2.14. The first kappa shape index (κ1) is 8.39. The number of aliphatic hydroxyl groups excluding tert-OH is 1. The molecule has 0 heterocycles. The van der Waals surface area contributed by atoms with Crippen molar-refractivity contribution in [3.63, 3.8) is 0 Å². The summed E-state index contributed by atoms with van der Waals surface area (Å²) in [5.74, 6) is -0.498. The van der Waals surface area contributed by atoms with Gasteiger partial charge in [0.25, 0.3) is 0 Å². The van der Waals surface area contributed by atoms with Crippen LogP contribution in [0.25, 0.3) is 0 Å². The van der Waals surface area contributed by atoms with E-state index in [1.54, 1.807) is 19.0 Å². The lowest BCUT2D eigenvalue weighted by molar-refractivity contribution is -0.123. The van der Waals surface area contributed by atoms with Crippen molar-refractivity contribution in [1.82, 2.24) is 4.90 Å². The molecule has 0 saturated heterocycles. The zero-order chi connectivity index (χ0) is 7.44. The van der Waals surface area contributed by atoms with Gasteiger partial charge in [0.15, 0.2) is 0 Å². The summed E-state index contributed by atoms with van der Waals surface area (Å²) in [6, 6.07) is -0.551. The van der Waals surface area contributed by atoms with Gasteiger partial charge in [-0.2, -0.15) is 0 Å². The van der Waals surface area contributed by atoms with E-state index in [0.29, 0.717) is 0 Å². The van der Waals surface area contributed by atoms with Crippen LogP contribution in [0.5, 0.6) is 0 Å². The fraction of sp³-hybridized carbons (Fsp3) is 0.800. The summed E-state index contributed by atoms with van der Waals surface area (Å²) in [5, 5.41) is 8.52. The third-order valence-corrected chi connectivity index (χ3v) is 1.12. The second-order valence-corrected chi connectivity index (χ2v) is 2.06. The zero-order valence-electron chi connectivity index (χ0n) is 5.66. The number of hydrogen-bond acceptors (Lipinski definition) is 3. The van der Waals surface area contributed by atoms with Crippen LogP contribution in [0.1, 0.15) is 0 Å². The summed E-state index contributed by atoms with van der Waals surface area (Å²) >= 11 is 0. The Bertz CT molecular complexity index is 103. The van der Waals surface area contributed by atoms with Crippen molar-refractivity contribution in [3.8, 4) is 0 Å². The lowest BCUT2D eigenvalue weighted by atomic mass is 10.3. The molecule has 0 saturated carbocycles. The normalized spacial score (nSPS) is 13.8. The molecule has 0 aromatic carbocycles. The number of primary amides is 1. The molecule has 0 radical (unpaired) electrons. The molecule has 1 atom stereocenters. The van der Waals surface area contributed by atoms with E-state index in [9.17, 15) is 4.79 Å². The number of hydrogen-bond donors (Lipinski definition) is 2. The Balaban J connectivity index is 3.83. The second kappa shape index (κ2) is 3.42. The highest BCUT2D eigenvalue weighted by molar-refractivity contribution is 5.79. The summed E-state index contributed by atoms with van der Waals surface area (Å²) in [4.78, 5) is 12.0. The minimum atomic E-state index is -0.551. The van der Waals surface area contributed by atoms with Crippen LogP contribution in [0.4, 0.5) is 0 Å². The van der Waals surface area contributed by atoms with Crippen molar-refractivity contribution in [2.24, 2.45) is 5.73 Å². The smallest absolute Gasteiger partial charge is 0.237 e. The summed E-state index contributed by atoms with van der Waals surface area (Å²) in [6.45, 7) is -0.220. The number of carbonyl (C=O) groups excluding carboxylic acids is 1. The average molecular weight is 132 g/mol. The number of nitrogens with two attached hydrogens (primary N) is 1. The largest absolute Gasteiger partial charge is 0.394 e. The molecule has 0 spiro atoms. The van der Waals surface area contributed by atoms with E-state index < -0.39 is 11.9 Å². The van der Waals surface area contributed by atoms with Crippen LogP contribution in [0.3, 0.4) is 0 Å². The summed E-state index contributed by atoms with van der Waals surface area (Å²) in [6.07, 6.45) is 0. The fourth-order valence-corrected chi connectivity index (χ4v) is 0.508. The van der Waals surface area contributed by atoms with Crippen molar-refractivity contribution in [2.45, 2.75) is 6.04 Å². The Morgan fingerprint density at radius 3 is 2.22 bits per heavy atom. The Hall–Kier alpha value is -0.610. The molecule has 0 fully saturated rings. The molecule has 9 heavy (non-hydrogen) atoms. The summed E-state index contributed by atoms with van der Waals surface area (Å²) < 4.78 is 0. The Labute approximate surface area is 54.3 Å². The SMILES string of the molecule is CN(C)[C@H](CO)C(N)=O. The molecule has 0 rings (SSSR count). The zero-order valence-corrected chi connectivity index (χ0v) is 5.66. The first-order valence-electron chi connectivity index (χ1n) is 2.66. The molecule has 1 amide bonds. The maximum atomic E-state index is 10.4. The lowest BCUT2D eigenvalue weighted by Gasteiger charge is -2.17. The minimum Gasteiger partial charge on any atom is -0.394 e. The molecule has 54 valence electrons. The Kier molecular flexibility index (Phi) is 3.19. The molecule has 3 N–H and O–H groups in total. The summed E-state index contributed by atoms with van der Waals surface area (Å²) in [7, 11) is 3.37. The summed E-state index contributed by atoms with van der Waals surface area (Å²) in [5.41, 5.74) is 4.91. The van der Waals surface area contributed by atoms with Gasteiger partial charge >= 0.3 is 0 Å². The molecule has 0 aliphatic carbocycles. The standard InChI is InChI=1S/C5H12N2O2/c1-7(2)4(3-8)5(6)9/h4,8H,3H2,1-2H3,(H2,6,9)/t4-/m1/s1. The van der Waals surface area contributed by atoms with Crippen molar-refractivity contribution in [2.75, 3.05) is 20.7 Å². The first-order chi connectivity index (χ1) is 4.09. The number of aliphatic hydroxyl groups is 1. The Morgan fingerprint density at radius 1 is 1.78 bits per heavy atom. The van der Waals surface area contributed by atoms with E-state index in [0.717, 1.165) is 0 Å². The van der Waals surface area contributed by atoms with Crippen LogP contribution in [-0.4, -0.2) is 42.7 Å². The monoisotopic (exact) mass is 132 g/mol. The van der Waals surface area contributed by atoms with Gasteiger partial charge in [-0.1, -0.05) is 0 Å². The molecular weight excluding hydrogens is 120 g/mol. The van der Waals surface area contributed by atoms with E-state index in [4.69, 9.17) is 10.8 Å². The van der Waals surface area contributed by atoms with Crippen molar-refractivity contribution in [3.05, 3.63) is 0 Å². The molecule has 0 bridgehead atoms. The van der Waals surface area contributed by atoms with Gasteiger partial charge in [-0.25, -0.2) is 0 Å². The number of rotatable bonds is 3. The highest BCUT2D eigenvalue weighted by Crippen LogP contribution is 1.88. The maximum Gasteiger partial charge on any atom is 0.237 e. The van der Waals surface area contributed by atoms with E-state index >= 15 is 0 Å². The number of likely N-dealkylation sites (N-methyl/N-ethyl adjacent to an activating group) is 1. The molecule has 0 aliphatic rings. The third-order valence-electron chi connectivity index (χ3n) is 1.12. The van der Waals surface area contributed by atoms with Crippen molar-refractivity contribution < 1.29 is 9.90 Å². The van der Waals surface area contributed by atoms with Crippen LogP contribution in [0.15, 0.2) is 0 Å². The van der Waals surface area contributed by atoms with Gasteiger partial charge < -0.3 is 10.8 Å². The van der Waals surface area contributed by atoms with Crippen LogP contribution in [0, 0.1) is 0 Å². The second-order valence-electron chi connectivity index (χ2n) is 2.06. The predicted octanol–water partition coefficient (Wildman–Crippen LogP) is -1.61. The van der Waals surface area contributed by atoms with Gasteiger partial charge in [-0.3, -0.25) is 9.69 Å². The van der Waals surface area contributed by atoms with Crippen molar-refractivity contribution in [1.29, 1.82) is 0 Å². The molecule has 4 heteroatoms. The van der Waals surface area contributed by atoms with Gasteiger partial charge in [0.2, 0.25) is 5.91 Å². The average Bonchev–Trinajstić information content (AvgIpc) is 1.64. The van der Waals surface area contributed by atoms with E-state index in [-0.39, 0.29) is 6.61 Å². The topological polar surface area (TPSA) is 66.6 Å². The van der Waals surface area contributed by atoms with Gasteiger partial charge in [0, 0.05) is 0 Å². The Morgan fingerprint density at radius 2 is 2.22 bits per heavy atom. The van der Waals surface area contributed by atoms with Gasteiger partial charge in [0.1, 0.15) is 6.04 Å². The van der Waals surface area contributed by atoms with Crippen molar-refractivity contribution >= 4 is 5.91 Å². The molecular formula is C5H12N2O2. The minimum absolute atomic E-state index is 0.220. The maximum absolute atomic E-state index is 10.4. The van der Waals surface area contributed by atoms with E-state index in [2.05, 4.69) is 0 Å². The van der Waals surface area contributed by atoms with Crippen LogP contribution in [-0.2, 0) is 4.79 Å². The quantitative estimate of drug-likeness (QED) is 0.485. The molecule has 4 nitrogen and oxygen atoms in total. The van der Waals surface area contributed by atoms with E-state index in [1.165, 1.54) is 0 Å². The van der Waals surface area contributed by atoms with Gasteiger partial charge in [-0.05, 0) is 14.1 Å². The van der Waals surface area contributed by atoms with E-state index in [1.807, 2.05) is 0 Å². The van der Waals surface area contributed by atoms with Gasteiger partial charge in [-0.15, -0.1) is 0 Å². The van der Waals surface area contributed by atoms with Crippen LogP contribution in [0.2, 0.25) is 0 Å². The number of carbonyl (C=O) groups is 1. The lowest BCUT2D eigenvalue weighted by Crippen LogP contribution is -2.42. The fourth-order valence-electron chi connectivity index (χ4n) is 0.508. The number of nitrogens with zero attached hydrogens (tertiary/aromatic N) is 1. The van der Waals surface area contributed by atoms with Crippen LogP contribution >= 0.6 is 0 Å². The highest BCUT2D eigenvalue weighted by atomic mass is 16.3. The molecule has 0 unspecified atom stereocenters.